The van der Waals surface area contributed by atoms with Crippen molar-refractivity contribution in [3.8, 4) is 11.5 Å². The van der Waals surface area contributed by atoms with E-state index in [-0.39, 0.29) is 31.4 Å². The molecule has 0 saturated carbocycles. The molecule has 0 unspecified atom stereocenters. The van der Waals surface area contributed by atoms with Gasteiger partial charge in [0, 0.05) is 32.6 Å². The molecule has 0 bridgehead atoms. The number of amides is 2. The largest absolute Gasteiger partial charge is 0.454 e. The van der Waals surface area contributed by atoms with Crippen LogP contribution < -0.4 is 9.47 Å². The lowest BCUT2D eigenvalue weighted by Gasteiger charge is -2.31. The van der Waals surface area contributed by atoms with E-state index in [0.717, 1.165) is 35.5 Å². The molecule has 3 heterocycles. The summed E-state index contributed by atoms with van der Waals surface area (Å²) in [7, 11) is 0. The summed E-state index contributed by atoms with van der Waals surface area (Å²) in [6.45, 7) is 7.49. The van der Waals surface area contributed by atoms with Crippen molar-refractivity contribution in [3.63, 3.8) is 0 Å². The van der Waals surface area contributed by atoms with E-state index in [1.807, 2.05) is 37.3 Å². The van der Waals surface area contributed by atoms with Crippen LogP contribution in [-0.2, 0) is 9.53 Å². The molecule has 3 aromatic carbocycles. The van der Waals surface area contributed by atoms with E-state index in [9.17, 15) is 14.0 Å². The molecule has 1 fully saturated rings. The molecule has 1 atom stereocenters. The summed E-state index contributed by atoms with van der Waals surface area (Å²) in [5, 5.41) is 6.29. The first-order valence-electron chi connectivity index (χ1n) is 14.6. The fourth-order valence-corrected chi connectivity index (χ4v) is 5.60. The predicted molar refractivity (Wildman–Crippen MR) is 159 cm³/mol. The third kappa shape index (κ3) is 6.25. The number of rotatable bonds is 8. The summed E-state index contributed by atoms with van der Waals surface area (Å²) < 4.78 is 31.3. The normalized spacial score (nSPS) is 18.1. The Morgan fingerprint density at radius 3 is 2.56 bits per heavy atom. The maximum absolute atomic E-state index is 14.7. The number of nitrogens with zero attached hydrogens (tertiary/aromatic N) is 4. The Bertz CT molecular complexity index is 1550. The SMILES string of the molecule is Cc1ccc(C2=NN(C(=O)CN(CCN3CCOCC3)C(=O)c3ccccc3F)[C@H](c3ccc4c(c3)OCO4)C2)cc1C. The zero-order chi connectivity index (χ0) is 29.9. The lowest BCUT2D eigenvalue weighted by atomic mass is 9.96. The summed E-state index contributed by atoms with van der Waals surface area (Å²) in [5.41, 5.74) is 4.81. The number of hydrogen-bond donors (Lipinski definition) is 0. The monoisotopic (exact) mass is 586 g/mol. The lowest BCUT2D eigenvalue weighted by Crippen LogP contribution is -2.46. The van der Waals surface area contributed by atoms with Crippen LogP contribution in [0.4, 0.5) is 4.39 Å². The molecule has 224 valence electrons. The van der Waals surface area contributed by atoms with E-state index < -0.39 is 17.8 Å². The molecule has 43 heavy (non-hydrogen) atoms. The average molecular weight is 587 g/mol. The van der Waals surface area contributed by atoms with E-state index in [4.69, 9.17) is 19.3 Å². The van der Waals surface area contributed by atoms with Crippen LogP contribution in [0.1, 0.15) is 45.1 Å². The van der Waals surface area contributed by atoms with Crippen molar-refractivity contribution in [3.05, 3.63) is 94.3 Å². The van der Waals surface area contributed by atoms with Gasteiger partial charge in [0.2, 0.25) is 6.79 Å². The Kier molecular flexibility index (Phi) is 8.40. The third-order valence-corrected chi connectivity index (χ3v) is 8.29. The van der Waals surface area contributed by atoms with Crippen molar-refractivity contribution < 1.29 is 28.2 Å². The van der Waals surface area contributed by atoms with Gasteiger partial charge in [-0.15, -0.1) is 0 Å². The van der Waals surface area contributed by atoms with Crippen LogP contribution in [0.2, 0.25) is 0 Å². The van der Waals surface area contributed by atoms with Crippen LogP contribution in [0.25, 0.3) is 0 Å². The topological polar surface area (TPSA) is 83.9 Å². The summed E-state index contributed by atoms with van der Waals surface area (Å²) in [6, 6.07) is 17.2. The van der Waals surface area contributed by atoms with Gasteiger partial charge in [-0.2, -0.15) is 5.10 Å². The molecule has 0 N–H and O–H groups in total. The van der Waals surface area contributed by atoms with E-state index >= 15 is 0 Å². The highest BCUT2D eigenvalue weighted by Gasteiger charge is 2.36. The highest BCUT2D eigenvalue weighted by atomic mass is 19.1. The second-order valence-corrected chi connectivity index (χ2v) is 11.1. The number of carbonyl (C=O) groups excluding carboxylic acids is 2. The molecule has 0 aliphatic carbocycles. The molecular weight excluding hydrogens is 551 g/mol. The van der Waals surface area contributed by atoms with Gasteiger partial charge in [0.25, 0.3) is 11.8 Å². The van der Waals surface area contributed by atoms with Crippen LogP contribution in [0.3, 0.4) is 0 Å². The fourth-order valence-electron chi connectivity index (χ4n) is 5.60. The summed E-state index contributed by atoms with van der Waals surface area (Å²) in [6.07, 6.45) is 0.489. The van der Waals surface area contributed by atoms with Crippen LogP contribution in [0, 0.1) is 19.7 Å². The molecule has 3 aromatic rings. The van der Waals surface area contributed by atoms with Gasteiger partial charge in [-0.25, -0.2) is 9.40 Å². The van der Waals surface area contributed by atoms with E-state index in [0.29, 0.717) is 37.7 Å². The van der Waals surface area contributed by atoms with Gasteiger partial charge >= 0.3 is 0 Å². The van der Waals surface area contributed by atoms with Crippen LogP contribution in [0.5, 0.6) is 11.5 Å². The molecule has 9 nitrogen and oxygen atoms in total. The summed E-state index contributed by atoms with van der Waals surface area (Å²) >= 11 is 0. The fraction of sp³-hybridized carbons (Fsp3) is 0.364. The predicted octanol–water partition coefficient (Wildman–Crippen LogP) is 4.32. The minimum Gasteiger partial charge on any atom is -0.454 e. The molecule has 3 aliphatic heterocycles. The number of fused-ring (bicyclic) bond motifs is 1. The number of aryl methyl sites for hydroxylation is 2. The van der Waals surface area contributed by atoms with E-state index in [1.165, 1.54) is 27.6 Å². The van der Waals surface area contributed by atoms with E-state index in [2.05, 4.69) is 17.9 Å². The van der Waals surface area contributed by atoms with Gasteiger partial charge in [0.15, 0.2) is 11.5 Å². The van der Waals surface area contributed by atoms with Crippen molar-refractivity contribution >= 4 is 17.5 Å². The van der Waals surface area contributed by atoms with Gasteiger partial charge in [-0.1, -0.05) is 30.3 Å². The van der Waals surface area contributed by atoms with Crippen molar-refractivity contribution in [2.24, 2.45) is 5.10 Å². The highest BCUT2D eigenvalue weighted by Crippen LogP contribution is 2.39. The number of carbonyl (C=O) groups is 2. The van der Waals surface area contributed by atoms with Crippen molar-refractivity contribution in [2.75, 3.05) is 52.7 Å². The number of halogens is 1. The van der Waals surface area contributed by atoms with Gasteiger partial charge < -0.3 is 19.1 Å². The highest BCUT2D eigenvalue weighted by molar-refractivity contribution is 6.04. The van der Waals surface area contributed by atoms with Crippen molar-refractivity contribution in [1.29, 1.82) is 0 Å². The number of benzene rings is 3. The Morgan fingerprint density at radius 2 is 1.77 bits per heavy atom. The Morgan fingerprint density at radius 1 is 0.977 bits per heavy atom. The Hall–Kier alpha value is -4.28. The molecule has 0 aromatic heterocycles. The van der Waals surface area contributed by atoms with Crippen molar-refractivity contribution in [2.45, 2.75) is 26.3 Å². The molecule has 0 radical (unpaired) electrons. The zero-order valence-electron chi connectivity index (χ0n) is 24.4. The summed E-state index contributed by atoms with van der Waals surface area (Å²) in [5.74, 6) is -0.234. The molecule has 1 saturated heterocycles. The maximum atomic E-state index is 14.7. The smallest absolute Gasteiger partial charge is 0.262 e. The molecular formula is C33H35FN4O5. The molecule has 10 heteroatoms. The average Bonchev–Trinajstić information content (AvgIpc) is 3.68. The molecule has 0 spiro atoms. The van der Waals surface area contributed by atoms with Crippen molar-refractivity contribution in [1.82, 2.24) is 14.8 Å². The van der Waals surface area contributed by atoms with Gasteiger partial charge in [0.1, 0.15) is 12.4 Å². The molecule has 2 amide bonds. The number of morpholine rings is 1. The summed E-state index contributed by atoms with van der Waals surface area (Å²) in [4.78, 5) is 31.3. The second-order valence-electron chi connectivity index (χ2n) is 11.1. The first-order chi connectivity index (χ1) is 20.9. The first kappa shape index (κ1) is 28.8. The molecule has 6 rings (SSSR count). The number of ether oxygens (including phenoxy) is 3. The van der Waals surface area contributed by atoms with Crippen LogP contribution in [-0.4, -0.2) is 85.1 Å². The Balaban J connectivity index is 1.30. The Labute approximate surface area is 250 Å². The molecule has 3 aliphatic rings. The minimum absolute atomic E-state index is 0.0645. The van der Waals surface area contributed by atoms with Gasteiger partial charge in [-0.3, -0.25) is 14.5 Å². The quantitative estimate of drug-likeness (QED) is 0.391. The maximum Gasteiger partial charge on any atom is 0.262 e. The van der Waals surface area contributed by atoms with Crippen LogP contribution >= 0.6 is 0 Å². The zero-order valence-corrected chi connectivity index (χ0v) is 24.4. The van der Waals surface area contributed by atoms with E-state index in [1.54, 1.807) is 12.1 Å². The lowest BCUT2D eigenvalue weighted by molar-refractivity contribution is -0.133. The van der Waals surface area contributed by atoms with Gasteiger partial charge in [-0.05, 0) is 66.4 Å². The van der Waals surface area contributed by atoms with Crippen LogP contribution in [0.15, 0.2) is 65.8 Å². The van der Waals surface area contributed by atoms with Gasteiger partial charge in [0.05, 0.1) is 30.5 Å². The second kappa shape index (κ2) is 12.5. The first-order valence-corrected chi connectivity index (χ1v) is 14.6. The number of hydrogen-bond acceptors (Lipinski definition) is 7. The minimum atomic E-state index is -0.620. The standard InChI is InChI=1S/C33H35FN4O5/c1-22-7-8-24(17-23(22)2)28-19-29(25-9-10-30-31(18-25)43-21-42-30)38(35-28)32(39)20-37(12-11-36-13-15-41-16-14-36)33(40)26-5-3-4-6-27(26)34/h3-10,17-18,29H,11-16,19-21H2,1-2H3/t29-/m0/s1. The third-order valence-electron chi connectivity index (χ3n) is 8.29. The number of hydrazone groups is 1.